The van der Waals surface area contributed by atoms with Crippen molar-refractivity contribution < 1.29 is 8.95 Å². The van der Waals surface area contributed by atoms with E-state index in [9.17, 15) is 4.21 Å². The lowest BCUT2D eigenvalue weighted by molar-refractivity contribution is 0.0985. The molecule has 5 rings (SSSR count). The normalized spacial score (nSPS) is 23.1. The molecule has 3 aromatic heterocycles. The molecular formula is C20H24N6O2S. The fourth-order valence-corrected chi connectivity index (χ4v) is 5.46. The molecule has 0 amide bonds. The van der Waals surface area contributed by atoms with Gasteiger partial charge in [0.1, 0.15) is 5.82 Å². The molecule has 8 nitrogen and oxygen atoms in total. The molecule has 3 aromatic rings. The number of ether oxygens (including phenoxy) is 1. The van der Waals surface area contributed by atoms with Gasteiger partial charge in [-0.25, -0.2) is 9.19 Å². The molecule has 2 aliphatic rings. The number of rotatable bonds is 4. The van der Waals surface area contributed by atoms with E-state index in [-0.39, 0.29) is 6.04 Å². The highest BCUT2D eigenvalue weighted by Crippen LogP contribution is 2.52. The van der Waals surface area contributed by atoms with E-state index in [4.69, 9.17) is 19.5 Å². The second kappa shape index (κ2) is 6.50. The minimum absolute atomic E-state index is 0.180. The van der Waals surface area contributed by atoms with Crippen LogP contribution >= 0.6 is 0 Å². The maximum atomic E-state index is 12.8. The van der Waals surface area contributed by atoms with E-state index in [0.717, 1.165) is 23.4 Å². The first-order chi connectivity index (χ1) is 13.9. The van der Waals surface area contributed by atoms with Crippen molar-refractivity contribution in [2.45, 2.75) is 30.6 Å². The topological polar surface area (TPSA) is 97.0 Å². The summed E-state index contributed by atoms with van der Waals surface area (Å²) < 4.78 is 27.9. The number of nitrogens with zero attached hydrogens (tertiary/aromatic N) is 5. The van der Waals surface area contributed by atoms with E-state index in [0.29, 0.717) is 37.7 Å². The monoisotopic (exact) mass is 412 g/mol. The Labute approximate surface area is 169 Å². The van der Waals surface area contributed by atoms with Crippen LogP contribution in [0.5, 0.6) is 0 Å². The third-order valence-electron chi connectivity index (χ3n) is 5.95. The molecule has 0 aromatic carbocycles. The van der Waals surface area contributed by atoms with Crippen LogP contribution in [0.25, 0.3) is 17.0 Å². The lowest BCUT2D eigenvalue weighted by Crippen LogP contribution is -2.44. The SMILES string of the molecule is C[C@@H]1COCCN1c1cc(C2(S(C)(=N)=O)CC2)nc(-n2ccc3ncccc32)n1. The summed E-state index contributed by atoms with van der Waals surface area (Å²) in [4.78, 5) is 16.3. The van der Waals surface area contributed by atoms with E-state index >= 15 is 0 Å². The number of hydrogen-bond donors (Lipinski definition) is 1. The van der Waals surface area contributed by atoms with Gasteiger partial charge in [0, 0.05) is 31.3 Å². The van der Waals surface area contributed by atoms with Crippen LogP contribution in [-0.4, -0.2) is 55.8 Å². The van der Waals surface area contributed by atoms with Crippen molar-refractivity contribution >= 4 is 26.6 Å². The van der Waals surface area contributed by atoms with Crippen LogP contribution in [0, 0.1) is 4.78 Å². The van der Waals surface area contributed by atoms with Crippen LogP contribution in [0.1, 0.15) is 25.5 Å². The summed E-state index contributed by atoms with van der Waals surface area (Å²) in [6.45, 7) is 4.12. The van der Waals surface area contributed by atoms with Gasteiger partial charge in [-0.05, 0) is 38.0 Å². The summed E-state index contributed by atoms with van der Waals surface area (Å²) in [5.74, 6) is 1.32. The van der Waals surface area contributed by atoms with Gasteiger partial charge in [-0.3, -0.25) is 14.3 Å². The average Bonchev–Trinajstić information content (AvgIpc) is 3.42. The smallest absolute Gasteiger partial charge is 0.236 e. The van der Waals surface area contributed by atoms with Crippen LogP contribution in [-0.2, 0) is 19.2 Å². The van der Waals surface area contributed by atoms with Crippen LogP contribution < -0.4 is 4.90 Å². The highest BCUT2D eigenvalue weighted by Gasteiger charge is 2.53. The number of fused-ring (bicyclic) bond motifs is 1. The number of pyridine rings is 1. The maximum absolute atomic E-state index is 12.8. The first-order valence-electron chi connectivity index (χ1n) is 9.79. The van der Waals surface area contributed by atoms with Crippen molar-refractivity contribution in [2.24, 2.45) is 0 Å². The molecule has 0 bridgehead atoms. The van der Waals surface area contributed by atoms with Crippen LogP contribution in [0.3, 0.4) is 0 Å². The fraction of sp³-hybridized carbons (Fsp3) is 0.450. The predicted molar refractivity (Wildman–Crippen MR) is 112 cm³/mol. The summed E-state index contributed by atoms with van der Waals surface area (Å²) in [6.07, 6.45) is 6.62. The van der Waals surface area contributed by atoms with Gasteiger partial charge in [0.15, 0.2) is 0 Å². The molecule has 0 spiro atoms. The number of hydrogen-bond acceptors (Lipinski definition) is 7. The van der Waals surface area contributed by atoms with Crippen molar-refractivity contribution in [1.29, 1.82) is 4.78 Å². The van der Waals surface area contributed by atoms with E-state index in [1.807, 2.05) is 35.0 Å². The molecule has 1 aliphatic carbocycles. The molecule has 2 fully saturated rings. The lowest BCUT2D eigenvalue weighted by Gasteiger charge is -2.34. The summed E-state index contributed by atoms with van der Waals surface area (Å²) >= 11 is 0. The van der Waals surface area contributed by atoms with Crippen molar-refractivity contribution in [1.82, 2.24) is 19.5 Å². The van der Waals surface area contributed by atoms with Gasteiger partial charge in [0.2, 0.25) is 5.95 Å². The molecular weight excluding hydrogens is 388 g/mol. The molecule has 2 atom stereocenters. The molecule has 29 heavy (non-hydrogen) atoms. The first-order valence-corrected chi connectivity index (χ1v) is 11.8. The first kappa shape index (κ1) is 18.5. The van der Waals surface area contributed by atoms with E-state index in [1.54, 1.807) is 6.20 Å². The summed E-state index contributed by atoms with van der Waals surface area (Å²) in [6, 6.07) is 7.91. The highest BCUT2D eigenvalue weighted by molar-refractivity contribution is 7.92. The van der Waals surface area contributed by atoms with Crippen LogP contribution in [0.2, 0.25) is 0 Å². The van der Waals surface area contributed by atoms with E-state index < -0.39 is 14.5 Å². The molecule has 152 valence electrons. The minimum Gasteiger partial charge on any atom is -0.377 e. The van der Waals surface area contributed by atoms with E-state index in [2.05, 4.69) is 16.8 Å². The van der Waals surface area contributed by atoms with Crippen LogP contribution in [0.4, 0.5) is 5.82 Å². The van der Waals surface area contributed by atoms with Gasteiger partial charge in [0.25, 0.3) is 0 Å². The molecule has 1 N–H and O–H groups in total. The molecule has 0 radical (unpaired) electrons. The Morgan fingerprint density at radius 1 is 1.31 bits per heavy atom. The van der Waals surface area contributed by atoms with Crippen molar-refractivity contribution in [2.75, 3.05) is 30.9 Å². The Morgan fingerprint density at radius 2 is 2.14 bits per heavy atom. The zero-order chi connectivity index (χ0) is 20.2. The van der Waals surface area contributed by atoms with Gasteiger partial charge < -0.3 is 9.64 Å². The summed E-state index contributed by atoms with van der Waals surface area (Å²) in [5.41, 5.74) is 2.48. The molecule has 4 heterocycles. The van der Waals surface area contributed by atoms with Crippen molar-refractivity contribution in [3.05, 3.63) is 42.4 Å². The molecule has 1 aliphatic heterocycles. The number of morpholine rings is 1. The molecule has 1 unspecified atom stereocenters. The zero-order valence-corrected chi connectivity index (χ0v) is 17.4. The van der Waals surface area contributed by atoms with Crippen LogP contribution in [0.15, 0.2) is 36.7 Å². The molecule has 9 heteroatoms. The third-order valence-corrected chi connectivity index (χ3v) is 8.06. The number of nitrogens with one attached hydrogen (secondary N) is 1. The summed E-state index contributed by atoms with van der Waals surface area (Å²) in [5, 5.41) is 0. The molecule has 1 saturated carbocycles. The zero-order valence-electron chi connectivity index (χ0n) is 16.5. The Hall–Kier alpha value is -2.52. The highest BCUT2D eigenvalue weighted by atomic mass is 32.2. The second-order valence-electron chi connectivity index (χ2n) is 7.96. The Morgan fingerprint density at radius 3 is 2.86 bits per heavy atom. The van der Waals surface area contributed by atoms with Gasteiger partial charge in [-0.15, -0.1) is 0 Å². The van der Waals surface area contributed by atoms with Gasteiger partial charge >= 0.3 is 0 Å². The Balaban J connectivity index is 1.71. The lowest BCUT2D eigenvalue weighted by atomic mass is 10.2. The Bertz CT molecular complexity index is 1180. The minimum atomic E-state index is -2.79. The van der Waals surface area contributed by atoms with Gasteiger partial charge in [-0.2, -0.15) is 4.98 Å². The average molecular weight is 413 g/mol. The van der Waals surface area contributed by atoms with Gasteiger partial charge in [0.05, 0.1) is 50.5 Å². The second-order valence-corrected chi connectivity index (χ2v) is 10.4. The third kappa shape index (κ3) is 3.00. The summed E-state index contributed by atoms with van der Waals surface area (Å²) in [7, 11) is -2.79. The van der Waals surface area contributed by atoms with E-state index in [1.165, 1.54) is 6.26 Å². The predicted octanol–water partition coefficient (Wildman–Crippen LogP) is 2.71. The standard InChI is InChI=1S/C20H24N6O2S/c1-14-13-28-11-10-25(14)18-12-17(20(6-7-20)29(2,21)27)23-19(24-18)26-9-5-15-16(26)4-3-8-22-15/h3-5,8-9,12,14,21H,6-7,10-11,13H2,1-2H3/t14-,29?/m1/s1. The quantitative estimate of drug-likeness (QED) is 0.708. The Kier molecular flexibility index (Phi) is 4.15. The van der Waals surface area contributed by atoms with Crippen molar-refractivity contribution in [3.63, 3.8) is 0 Å². The van der Waals surface area contributed by atoms with Crippen molar-refractivity contribution in [3.8, 4) is 5.95 Å². The number of aromatic nitrogens is 4. The largest absolute Gasteiger partial charge is 0.377 e. The number of anilines is 1. The van der Waals surface area contributed by atoms with Gasteiger partial charge in [-0.1, -0.05) is 0 Å². The molecule has 1 saturated heterocycles. The fourth-order valence-electron chi connectivity index (χ4n) is 4.08. The maximum Gasteiger partial charge on any atom is 0.236 e.